The molecule has 0 heterocycles. The van der Waals surface area contributed by atoms with E-state index in [4.69, 9.17) is 4.74 Å². The molecular formula is C15H17FO3. The maximum Gasteiger partial charge on any atom is 0.331 e. The lowest BCUT2D eigenvalue weighted by Gasteiger charge is -2.26. The molecule has 3 nitrogen and oxygen atoms in total. The van der Waals surface area contributed by atoms with Gasteiger partial charge in [0, 0.05) is 6.08 Å². The highest BCUT2D eigenvalue weighted by Crippen LogP contribution is 2.21. The summed E-state index contributed by atoms with van der Waals surface area (Å²) in [5.41, 5.74) is 0.725. The van der Waals surface area contributed by atoms with Crippen LogP contribution in [-0.4, -0.2) is 23.3 Å². The van der Waals surface area contributed by atoms with Crippen molar-refractivity contribution >= 4 is 12.0 Å². The molecule has 0 spiro atoms. The van der Waals surface area contributed by atoms with Crippen LogP contribution in [0.5, 0.6) is 0 Å². The first-order valence-corrected chi connectivity index (χ1v) is 6.47. The van der Waals surface area contributed by atoms with Gasteiger partial charge in [0.25, 0.3) is 0 Å². The van der Waals surface area contributed by atoms with Crippen molar-refractivity contribution in [1.82, 2.24) is 0 Å². The van der Waals surface area contributed by atoms with Crippen LogP contribution in [0.3, 0.4) is 0 Å². The Labute approximate surface area is 111 Å². The molecule has 1 fully saturated rings. The predicted octanol–water partition coefficient (Wildman–Crippen LogP) is 2.69. The highest BCUT2D eigenvalue weighted by atomic mass is 19.1. The predicted molar refractivity (Wildman–Crippen MR) is 69.8 cm³/mol. The van der Waals surface area contributed by atoms with Crippen molar-refractivity contribution < 1.29 is 19.0 Å². The van der Waals surface area contributed by atoms with Gasteiger partial charge in [0.15, 0.2) is 0 Å². The van der Waals surface area contributed by atoms with Crippen molar-refractivity contribution in [2.24, 2.45) is 0 Å². The van der Waals surface area contributed by atoms with Gasteiger partial charge in [0.05, 0.1) is 6.10 Å². The number of carbonyl (C=O) groups excluding carboxylic acids is 1. The van der Waals surface area contributed by atoms with Crippen molar-refractivity contribution in [1.29, 1.82) is 0 Å². The van der Waals surface area contributed by atoms with Gasteiger partial charge in [-0.1, -0.05) is 18.6 Å². The lowest BCUT2D eigenvalue weighted by molar-refractivity contribution is -0.151. The standard InChI is InChI=1S/C15H17FO3/c16-12-8-5-11(6-9-12)7-10-15(18)19-14-4-2-1-3-13(14)17/h5-10,13-14,17H,1-4H2/b10-7+/t13?,14-/m1/s1. The van der Waals surface area contributed by atoms with E-state index in [1.165, 1.54) is 18.2 Å². The van der Waals surface area contributed by atoms with Crippen LogP contribution in [0, 0.1) is 5.82 Å². The van der Waals surface area contributed by atoms with Gasteiger partial charge in [0.2, 0.25) is 0 Å². The monoisotopic (exact) mass is 264 g/mol. The molecule has 102 valence electrons. The highest BCUT2D eigenvalue weighted by molar-refractivity contribution is 5.87. The van der Waals surface area contributed by atoms with Gasteiger partial charge in [-0.15, -0.1) is 0 Å². The summed E-state index contributed by atoms with van der Waals surface area (Å²) in [6.45, 7) is 0. The fourth-order valence-electron chi connectivity index (χ4n) is 2.14. The quantitative estimate of drug-likeness (QED) is 0.674. The molecule has 1 saturated carbocycles. The Morgan fingerprint density at radius 2 is 1.95 bits per heavy atom. The smallest absolute Gasteiger partial charge is 0.331 e. The third kappa shape index (κ3) is 4.17. The maximum atomic E-state index is 12.7. The Morgan fingerprint density at radius 3 is 2.63 bits per heavy atom. The van der Waals surface area contributed by atoms with Gasteiger partial charge in [-0.25, -0.2) is 9.18 Å². The minimum absolute atomic E-state index is 0.315. The number of rotatable bonds is 3. The number of carbonyl (C=O) groups is 1. The number of ether oxygens (including phenoxy) is 1. The van der Waals surface area contributed by atoms with Gasteiger partial charge >= 0.3 is 5.97 Å². The van der Waals surface area contributed by atoms with E-state index in [9.17, 15) is 14.3 Å². The summed E-state index contributed by atoms with van der Waals surface area (Å²) >= 11 is 0. The summed E-state index contributed by atoms with van der Waals surface area (Å²) in [7, 11) is 0. The largest absolute Gasteiger partial charge is 0.456 e. The Bertz CT molecular complexity index is 453. The second kappa shape index (κ2) is 6.48. The van der Waals surface area contributed by atoms with Crippen LogP contribution in [0.2, 0.25) is 0 Å². The molecule has 2 rings (SSSR count). The van der Waals surface area contributed by atoms with Gasteiger partial charge < -0.3 is 9.84 Å². The summed E-state index contributed by atoms with van der Waals surface area (Å²) in [6, 6.07) is 5.81. The van der Waals surface area contributed by atoms with Crippen LogP contribution in [0.15, 0.2) is 30.3 Å². The maximum absolute atomic E-state index is 12.7. The number of esters is 1. The topological polar surface area (TPSA) is 46.5 Å². The fraction of sp³-hybridized carbons (Fsp3) is 0.400. The van der Waals surface area contributed by atoms with E-state index in [2.05, 4.69) is 0 Å². The van der Waals surface area contributed by atoms with Crippen molar-refractivity contribution in [3.63, 3.8) is 0 Å². The zero-order valence-corrected chi connectivity index (χ0v) is 10.6. The first-order chi connectivity index (χ1) is 9.15. The molecule has 19 heavy (non-hydrogen) atoms. The highest BCUT2D eigenvalue weighted by Gasteiger charge is 2.25. The van der Waals surface area contributed by atoms with E-state index in [0.717, 1.165) is 18.4 Å². The molecule has 1 aliphatic rings. The molecule has 0 aliphatic heterocycles. The number of aliphatic hydroxyl groups is 1. The SMILES string of the molecule is O=C(/C=C/c1ccc(F)cc1)O[C@@H]1CCCCC1O. The third-order valence-electron chi connectivity index (χ3n) is 3.22. The van der Waals surface area contributed by atoms with Gasteiger partial charge in [-0.05, 0) is 43.0 Å². The molecule has 0 radical (unpaired) electrons. The Hall–Kier alpha value is -1.68. The normalized spacial score (nSPS) is 23.5. The van der Waals surface area contributed by atoms with Crippen LogP contribution in [0.25, 0.3) is 6.08 Å². The minimum atomic E-state index is -0.558. The molecule has 1 N–H and O–H groups in total. The number of benzene rings is 1. The van der Waals surface area contributed by atoms with Crippen LogP contribution in [0.4, 0.5) is 4.39 Å². The molecule has 1 unspecified atom stereocenters. The van der Waals surface area contributed by atoms with E-state index in [1.807, 2.05) is 0 Å². The molecule has 4 heteroatoms. The second-order valence-corrected chi connectivity index (χ2v) is 4.71. The van der Waals surface area contributed by atoms with Crippen molar-refractivity contribution in [3.8, 4) is 0 Å². The molecule has 1 aliphatic carbocycles. The summed E-state index contributed by atoms with van der Waals surface area (Å²) in [4.78, 5) is 11.6. The number of aliphatic hydroxyl groups excluding tert-OH is 1. The number of hydrogen-bond acceptors (Lipinski definition) is 3. The van der Waals surface area contributed by atoms with E-state index in [-0.39, 0.29) is 5.82 Å². The molecule has 0 aromatic heterocycles. The molecule has 2 atom stereocenters. The number of hydrogen-bond donors (Lipinski definition) is 1. The lowest BCUT2D eigenvalue weighted by Crippen LogP contribution is -2.33. The van der Waals surface area contributed by atoms with E-state index < -0.39 is 18.2 Å². The average molecular weight is 264 g/mol. The lowest BCUT2D eigenvalue weighted by atomic mass is 9.95. The van der Waals surface area contributed by atoms with E-state index >= 15 is 0 Å². The third-order valence-corrected chi connectivity index (χ3v) is 3.22. The van der Waals surface area contributed by atoms with Crippen molar-refractivity contribution in [2.45, 2.75) is 37.9 Å². The fourth-order valence-corrected chi connectivity index (χ4v) is 2.14. The summed E-state index contributed by atoms with van der Waals surface area (Å²) in [5, 5.41) is 9.69. The van der Waals surface area contributed by atoms with Crippen LogP contribution in [0.1, 0.15) is 31.2 Å². The van der Waals surface area contributed by atoms with Crippen LogP contribution < -0.4 is 0 Å². The minimum Gasteiger partial charge on any atom is -0.456 e. The average Bonchev–Trinajstić information content (AvgIpc) is 2.41. The Morgan fingerprint density at radius 1 is 1.26 bits per heavy atom. The van der Waals surface area contributed by atoms with Gasteiger partial charge in [-0.2, -0.15) is 0 Å². The first-order valence-electron chi connectivity index (χ1n) is 6.47. The van der Waals surface area contributed by atoms with E-state index in [0.29, 0.717) is 12.8 Å². The first kappa shape index (κ1) is 13.7. The molecule has 0 saturated heterocycles. The van der Waals surface area contributed by atoms with Gasteiger partial charge in [-0.3, -0.25) is 0 Å². The van der Waals surface area contributed by atoms with Crippen molar-refractivity contribution in [2.75, 3.05) is 0 Å². The van der Waals surface area contributed by atoms with E-state index in [1.54, 1.807) is 18.2 Å². The molecular weight excluding hydrogens is 247 g/mol. The molecule has 0 bridgehead atoms. The zero-order valence-electron chi connectivity index (χ0n) is 10.6. The summed E-state index contributed by atoms with van der Waals surface area (Å²) in [5.74, 6) is -0.791. The second-order valence-electron chi connectivity index (χ2n) is 4.71. The Kier molecular flexibility index (Phi) is 4.68. The molecule has 1 aromatic rings. The molecule has 0 amide bonds. The summed E-state index contributed by atoms with van der Waals surface area (Å²) < 4.78 is 17.9. The molecule has 1 aromatic carbocycles. The van der Waals surface area contributed by atoms with Crippen molar-refractivity contribution in [3.05, 3.63) is 41.7 Å². The number of halogens is 1. The van der Waals surface area contributed by atoms with Crippen LogP contribution >= 0.6 is 0 Å². The van der Waals surface area contributed by atoms with Gasteiger partial charge in [0.1, 0.15) is 11.9 Å². The zero-order chi connectivity index (χ0) is 13.7. The Balaban J connectivity index is 1.88. The summed E-state index contributed by atoms with van der Waals surface area (Å²) in [6.07, 6.45) is 5.23. The van der Waals surface area contributed by atoms with Crippen LogP contribution in [-0.2, 0) is 9.53 Å².